The van der Waals surface area contributed by atoms with Gasteiger partial charge in [-0.1, -0.05) is 48.9 Å². The van der Waals surface area contributed by atoms with E-state index in [4.69, 9.17) is 21.1 Å². The van der Waals surface area contributed by atoms with Gasteiger partial charge in [0.15, 0.2) is 6.61 Å². The van der Waals surface area contributed by atoms with Gasteiger partial charge in [-0.3, -0.25) is 9.59 Å². The molecule has 18 heteroatoms. The normalized spacial score (nSPS) is 13.6. The minimum Gasteiger partial charge on any atom is -0.454 e. The molecule has 1 aliphatic rings. The van der Waals surface area contributed by atoms with E-state index in [0.717, 1.165) is 29.7 Å². The number of carbonyl (C=O) groups is 3. The van der Waals surface area contributed by atoms with E-state index in [9.17, 15) is 27.6 Å². The Hall–Kier alpha value is -5.03. The lowest BCUT2D eigenvalue weighted by molar-refractivity contribution is -0.154. The summed E-state index contributed by atoms with van der Waals surface area (Å²) in [4.78, 5) is 53.1. The van der Waals surface area contributed by atoms with Crippen LogP contribution in [0.15, 0.2) is 60.2 Å². The number of amides is 2. The molecule has 0 unspecified atom stereocenters. The maximum Gasteiger partial charge on any atom is 0.422 e. The van der Waals surface area contributed by atoms with Crippen LogP contribution in [0.25, 0.3) is 0 Å². The second kappa shape index (κ2) is 14.6. The van der Waals surface area contributed by atoms with Crippen LogP contribution in [0.5, 0.6) is 11.1 Å². The first-order valence-electron chi connectivity index (χ1n) is 14.7. The van der Waals surface area contributed by atoms with Crippen LogP contribution in [-0.4, -0.2) is 63.6 Å². The van der Waals surface area contributed by atoms with Crippen LogP contribution in [0.1, 0.15) is 42.6 Å². The summed E-state index contributed by atoms with van der Waals surface area (Å²) in [6.07, 6.45) is -1.82. The minimum atomic E-state index is -4.61. The maximum absolute atomic E-state index is 12.9. The Labute approximate surface area is 287 Å². The fourth-order valence-corrected chi connectivity index (χ4v) is 4.97. The number of aromatic nitrogens is 4. The third kappa shape index (κ3) is 10.2. The van der Waals surface area contributed by atoms with Crippen molar-refractivity contribution >= 4 is 58.3 Å². The molecule has 2 aromatic carbocycles. The second-order valence-corrected chi connectivity index (χ2v) is 13.1. The molecule has 0 aliphatic heterocycles. The zero-order valence-electron chi connectivity index (χ0n) is 26.1. The molecule has 1 aliphatic carbocycles. The van der Waals surface area contributed by atoms with Gasteiger partial charge >= 0.3 is 24.1 Å². The van der Waals surface area contributed by atoms with Gasteiger partial charge in [0.2, 0.25) is 17.0 Å². The predicted octanol–water partition coefficient (Wildman–Crippen LogP) is 5.25. The molecular formula is C31H30ClF3N8O5S. The fraction of sp³-hybridized carbons (Fsp3) is 0.323. The highest BCUT2D eigenvalue weighted by molar-refractivity contribution is 7.11. The molecule has 1 fully saturated rings. The largest absolute Gasteiger partial charge is 0.454 e. The number of rotatable bonds is 13. The van der Waals surface area contributed by atoms with Crippen LogP contribution in [0, 0.1) is 5.41 Å². The molecule has 4 aromatic rings. The van der Waals surface area contributed by atoms with Crippen molar-refractivity contribution in [1.82, 2.24) is 30.6 Å². The molecule has 0 saturated heterocycles. The molecule has 258 valence electrons. The molecular weight excluding hydrogens is 689 g/mol. The molecule has 49 heavy (non-hydrogen) atoms. The van der Waals surface area contributed by atoms with Crippen molar-refractivity contribution in [3.63, 3.8) is 0 Å². The van der Waals surface area contributed by atoms with Gasteiger partial charge in [0, 0.05) is 29.4 Å². The molecule has 1 saturated carbocycles. The topological polar surface area (TPSA) is 169 Å². The smallest absolute Gasteiger partial charge is 0.422 e. The molecule has 0 atom stereocenters. The molecule has 4 N–H and O–H groups in total. The Bertz CT molecular complexity index is 1790. The molecule has 5 rings (SSSR count). The zero-order chi connectivity index (χ0) is 35.2. The summed E-state index contributed by atoms with van der Waals surface area (Å²) in [5.41, 5.74) is 1.98. The Balaban J connectivity index is 1.19. The van der Waals surface area contributed by atoms with Gasteiger partial charge in [0.25, 0.3) is 5.91 Å². The van der Waals surface area contributed by atoms with Crippen LogP contribution in [0.3, 0.4) is 0 Å². The summed E-state index contributed by atoms with van der Waals surface area (Å²) in [5.74, 6) is -2.48. The van der Waals surface area contributed by atoms with Crippen molar-refractivity contribution in [2.24, 2.45) is 5.41 Å². The van der Waals surface area contributed by atoms with E-state index in [0.29, 0.717) is 16.3 Å². The number of nitrogens with one attached hydrogen (secondary N) is 4. The van der Waals surface area contributed by atoms with Crippen molar-refractivity contribution in [2.45, 2.75) is 38.4 Å². The lowest BCUT2D eigenvalue weighted by Gasteiger charge is -2.25. The first-order chi connectivity index (χ1) is 23.2. The number of alkyl halides is 3. The Morgan fingerprint density at radius 1 is 0.939 bits per heavy atom. The molecule has 0 bridgehead atoms. The number of thiazole rings is 1. The second-order valence-electron chi connectivity index (χ2n) is 11.8. The molecule has 2 amide bonds. The van der Waals surface area contributed by atoms with Crippen LogP contribution in [0.2, 0.25) is 5.02 Å². The average Bonchev–Trinajstić information content (AvgIpc) is 3.64. The summed E-state index contributed by atoms with van der Waals surface area (Å²) < 4.78 is 48.5. The van der Waals surface area contributed by atoms with Gasteiger partial charge in [-0.15, -0.1) is 0 Å². The van der Waals surface area contributed by atoms with E-state index in [1.54, 1.807) is 38.1 Å². The van der Waals surface area contributed by atoms with Gasteiger partial charge < -0.3 is 30.7 Å². The van der Waals surface area contributed by atoms with E-state index >= 15 is 0 Å². The third-order valence-electron chi connectivity index (χ3n) is 7.12. The molecule has 13 nitrogen and oxygen atoms in total. The summed E-state index contributed by atoms with van der Waals surface area (Å²) in [6.45, 7) is 2.23. The summed E-state index contributed by atoms with van der Waals surface area (Å²) in [7, 11) is 0. The number of anilines is 3. The zero-order valence-corrected chi connectivity index (χ0v) is 27.6. The number of nitrogens with zero attached hydrogens (tertiary/aromatic N) is 4. The first kappa shape index (κ1) is 35.3. The van der Waals surface area contributed by atoms with Crippen molar-refractivity contribution in [2.75, 3.05) is 30.3 Å². The Morgan fingerprint density at radius 3 is 2.24 bits per heavy atom. The number of hydrogen-bond acceptors (Lipinski definition) is 12. The molecule has 0 radical (unpaired) electrons. The van der Waals surface area contributed by atoms with Gasteiger partial charge in [0.1, 0.15) is 0 Å². The highest BCUT2D eigenvalue weighted by Crippen LogP contribution is 2.48. The number of carbonyl (C=O) groups excluding carboxylic acids is 3. The Morgan fingerprint density at radius 2 is 1.61 bits per heavy atom. The molecule has 0 spiro atoms. The average molecular weight is 719 g/mol. The van der Waals surface area contributed by atoms with Crippen LogP contribution in [-0.2, 0) is 15.1 Å². The van der Waals surface area contributed by atoms with Gasteiger partial charge in [0.05, 0.1) is 17.2 Å². The van der Waals surface area contributed by atoms with Crippen LogP contribution in [0.4, 0.5) is 30.8 Å². The standard InChI is InChI=1S/C31H30ClF3N8O5S/c1-29(2,15-38-24(45)25(46)48-22-13-36-17-49-22)14-37-23(44)18-3-9-21(10-4-18)39-26-40-27(42-28(41-26)47-16-31(33,34)35)43-30(11-12-30)19-5-7-20(32)8-6-19/h3-10,13,17H,11-12,14-16H2,1-2H3,(H,37,44)(H,38,45)(H2,39,40,41,42,43). The van der Waals surface area contributed by atoms with Crippen molar-refractivity contribution in [1.29, 1.82) is 0 Å². The Kier molecular flexibility index (Phi) is 10.5. The van der Waals surface area contributed by atoms with Crippen LogP contribution < -0.4 is 30.7 Å². The monoisotopic (exact) mass is 718 g/mol. The third-order valence-corrected chi connectivity index (χ3v) is 8.02. The van der Waals surface area contributed by atoms with E-state index in [1.165, 1.54) is 23.8 Å². The van der Waals surface area contributed by atoms with Crippen LogP contribution >= 0.6 is 22.9 Å². The van der Waals surface area contributed by atoms with Gasteiger partial charge in [-0.2, -0.15) is 28.1 Å². The number of benzene rings is 2. The number of halogens is 4. The highest BCUT2D eigenvalue weighted by Gasteiger charge is 2.45. The minimum absolute atomic E-state index is 0.00799. The van der Waals surface area contributed by atoms with Gasteiger partial charge in [-0.05, 0) is 60.2 Å². The summed E-state index contributed by atoms with van der Waals surface area (Å²) in [5, 5.41) is 12.2. The van der Waals surface area contributed by atoms with E-state index in [1.807, 2.05) is 12.1 Å². The van der Waals surface area contributed by atoms with E-state index < -0.39 is 47.5 Å². The summed E-state index contributed by atoms with van der Waals surface area (Å²) in [6, 6.07) is 12.9. The first-order valence-corrected chi connectivity index (χ1v) is 16.0. The number of hydrogen-bond donors (Lipinski definition) is 4. The fourth-order valence-electron chi connectivity index (χ4n) is 4.38. The quantitative estimate of drug-likeness (QED) is 0.105. The molecule has 2 heterocycles. The van der Waals surface area contributed by atoms with Crippen molar-refractivity contribution in [3.05, 3.63) is 76.4 Å². The number of esters is 1. The number of ether oxygens (including phenoxy) is 2. The lowest BCUT2D eigenvalue weighted by Crippen LogP contribution is -2.44. The van der Waals surface area contributed by atoms with E-state index in [-0.39, 0.29) is 30.0 Å². The molecule has 2 aromatic heterocycles. The maximum atomic E-state index is 12.9. The van der Waals surface area contributed by atoms with Crippen molar-refractivity contribution in [3.8, 4) is 11.1 Å². The van der Waals surface area contributed by atoms with E-state index in [2.05, 4.69) is 41.2 Å². The highest BCUT2D eigenvalue weighted by atomic mass is 35.5. The summed E-state index contributed by atoms with van der Waals surface area (Å²) >= 11 is 7.09. The predicted molar refractivity (Wildman–Crippen MR) is 174 cm³/mol. The van der Waals surface area contributed by atoms with Gasteiger partial charge in [-0.25, -0.2) is 9.78 Å². The SMILES string of the molecule is CC(C)(CNC(=O)C(=O)Oc1cncs1)CNC(=O)c1ccc(Nc2nc(NC3(c4ccc(Cl)cc4)CC3)nc(OCC(F)(F)F)n2)cc1. The van der Waals surface area contributed by atoms with Crippen molar-refractivity contribution < 1.29 is 37.0 Å². The lowest BCUT2D eigenvalue weighted by atomic mass is 9.93.